The van der Waals surface area contributed by atoms with Crippen LogP contribution in [0.1, 0.15) is 29.3 Å². The van der Waals surface area contributed by atoms with Gasteiger partial charge < -0.3 is 15.4 Å². The predicted octanol–water partition coefficient (Wildman–Crippen LogP) is 3.22. The Morgan fingerprint density at radius 3 is 2.49 bits per heavy atom. The number of sulfonamides is 1. The molecule has 2 atom stereocenters. The molecule has 3 aromatic carbocycles. The Hall–Kier alpha value is -3.27. The average molecular weight is 496 g/mol. The molecule has 184 valence electrons. The number of carbonyl (C=O) groups excluding carboxylic acids is 2. The quantitative estimate of drug-likeness (QED) is 0.434. The first kappa shape index (κ1) is 24.8. The van der Waals surface area contributed by atoms with Gasteiger partial charge in [0, 0.05) is 34.6 Å². The highest BCUT2D eigenvalue weighted by Gasteiger charge is 2.35. The monoisotopic (exact) mass is 495 g/mol. The fraction of sp³-hybridized carbons (Fsp3) is 0.308. The SMILES string of the molecule is CCOC(=O)C1CNCCC1NS(=O)(=O)c1ccc(NC(=O)c2ccccc2C)c2ccccc12. The van der Waals surface area contributed by atoms with Gasteiger partial charge in [0.1, 0.15) is 0 Å². The molecule has 35 heavy (non-hydrogen) atoms. The van der Waals surface area contributed by atoms with Gasteiger partial charge in [0.15, 0.2) is 0 Å². The molecular formula is C26H29N3O5S. The molecule has 2 unspecified atom stereocenters. The Bertz CT molecular complexity index is 1360. The highest BCUT2D eigenvalue weighted by Crippen LogP contribution is 2.31. The minimum Gasteiger partial charge on any atom is -0.466 e. The predicted molar refractivity (Wildman–Crippen MR) is 135 cm³/mol. The number of esters is 1. The second kappa shape index (κ2) is 10.6. The zero-order valence-electron chi connectivity index (χ0n) is 19.7. The lowest BCUT2D eigenvalue weighted by Gasteiger charge is -2.31. The van der Waals surface area contributed by atoms with Crippen molar-refractivity contribution in [3.8, 4) is 0 Å². The van der Waals surface area contributed by atoms with Crippen LogP contribution in [0, 0.1) is 12.8 Å². The molecule has 1 fully saturated rings. The van der Waals surface area contributed by atoms with E-state index in [9.17, 15) is 18.0 Å². The molecule has 1 saturated heterocycles. The number of hydrogen-bond acceptors (Lipinski definition) is 6. The van der Waals surface area contributed by atoms with Crippen LogP contribution in [0.15, 0.2) is 65.6 Å². The van der Waals surface area contributed by atoms with Gasteiger partial charge in [-0.2, -0.15) is 0 Å². The van der Waals surface area contributed by atoms with Crippen molar-refractivity contribution in [2.75, 3.05) is 25.0 Å². The number of carbonyl (C=O) groups is 2. The molecule has 1 aliphatic rings. The fourth-order valence-electron chi connectivity index (χ4n) is 4.39. The third kappa shape index (κ3) is 5.37. The van der Waals surface area contributed by atoms with Crippen molar-refractivity contribution in [2.45, 2.75) is 31.2 Å². The van der Waals surface area contributed by atoms with E-state index in [0.29, 0.717) is 41.5 Å². The number of amides is 1. The highest BCUT2D eigenvalue weighted by molar-refractivity contribution is 7.89. The summed E-state index contributed by atoms with van der Waals surface area (Å²) in [4.78, 5) is 25.4. The number of benzene rings is 3. The smallest absolute Gasteiger partial charge is 0.311 e. The molecule has 0 spiro atoms. The fourth-order valence-corrected chi connectivity index (χ4v) is 5.91. The first-order valence-corrected chi connectivity index (χ1v) is 13.1. The lowest BCUT2D eigenvalue weighted by Crippen LogP contribution is -2.52. The molecule has 0 aromatic heterocycles. The van der Waals surface area contributed by atoms with Gasteiger partial charge in [-0.3, -0.25) is 9.59 Å². The van der Waals surface area contributed by atoms with Crippen molar-refractivity contribution in [3.63, 3.8) is 0 Å². The van der Waals surface area contributed by atoms with Crippen molar-refractivity contribution in [3.05, 3.63) is 71.8 Å². The van der Waals surface area contributed by atoms with Gasteiger partial charge in [0.25, 0.3) is 5.91 Å². The van der Waals surface area contributed by atoms with E-state index in [1.165, 1.54) is 6.07 Å². The first-order chi connectivity index (χ1) is 16.8. The number of nitrogens with one attached hydrogen (secondary N) is 3. The summed E-state index contributed by atoms with van der Waals surface area (Å²) in [7, 11) is -3.97. The number of aryl methyl sites for hydroxylation is 1. The van der Waals surface area contributed by atoms with Crippen molar-refractivity contribution in [2.24, 2.45) is 5.92 Å². The van der Waals surface area contributed by atoms with Crippen LogP contribution in [0.5, 0.6) is 0 Å². The molecule has 0 radical (unpaired) electrons. The molecule has 3 N–H and O–H groups in total. The van der Waals surface area contributed by atoms with Crippen LogP contribution < -0.4 is 15.4 Å². The summed E-state index contributed by atoms with van der Waals surface area (Å²) in [5.41, 5.74) is 1.90. The Kier molecular flexibility index (Phi) is 7.49. The number of rotatable bonds is 7. The van der Waals surface area contributed by atoms with E-state index >= 15 is 0 Å². The zero-order chi connectivity index (χ0) is 25.0. The van der Waals surface area contributed by atoms with Gasteiger partial charge >= 0.3 is 5.97 Å². The van der Waals surface area contributed by atoms with Crippen LogP contribution in [-0.2, 0) is 19.6 Å². The molecule has 0 aliphatic carbocycles. The molecule has 0 saturated carbocycles. The zero-order valence-corrected chi connectivity index (χ0v) is 20.5. The number of ether oxygens (including phenoxy) is 1. The summed E-state index contributed by atoms with van der Waals surface area (Å²) in [5, 5.41) is 7.12. The second-order valence-corrected chi connectivity index (χ2v) is 10.2. The number of fused-ring (bicyclic) bond motifs is 1. The van der Waals surface area contributed by atoms with Gasteiger partial charge in [-0.1, -0.05) is 42.5 Å². The molecular weight excluding hydrogens is 466 g/mol. The standard InChI is InChI=1S/C26H29N3O5S/c1-3-34-26(31)21-16-27-15-14-23(21)29-35(32,33)24-13-12-22(19-10-6-7-11-20(19)24)28-25(30)18-9-5-4-8-17(18)2/h4-13,21,23,27,29H,3,14-16H2,1-2H3,(H,28,30). The van der Waals surface area contributed by atoms with Gasteiger partial charge in [-0.05, 0) is 50.6 Å². The van der Waals surface area contributed by atoms with E-state index in [1.54, 1.807) is 49.4 Å². The van der Waals surface area contributed by atoms with Gasteiger partial charge in [0.2, 0.25) is 10.0 Å². The Labute approximate surface area is 205 Å². The summed E-state index contributed by atoms with van der Waals surface area (Å²) in [6, 6.07) is 16.8. The largest absolute Gasteiger partial charge is 0.466 e. The topological polar surface area (TPSA) is 114 Å². The summed E-state index contributed by atoms with van der Waals surface area (Å²) in [5.74, 6) is -1.31. The summed E-state index contributed by atoms with van der Waals surface area (Å²) >= 11 is 0. The summed E-state index contributed by atoms with van der Waals surface area (Å²) in [6.07, 6.45) is 0.464. The van der Waals surface area contributed by atoms with Crippen LogP contribution in [-0.4, -0.2) is 46.0 Å². The van der Waals surface area contributed by atoms with Crippen LogP contribution in [0.2, 0.25) is 0 Å². The molecule has 1 aliphatic heterocycles. The molecule has 8 nitrogen and oxygen atoms in total. The minimum atomic E-state index is -3.97. The maximum Gasteiger partial charge on any atom is 0.311 e. The first-order valence-electron chi connectivity index (χ1n) is 11.6. The van der Waals surface area contributed by atoms with Crippen molar-refractivity contribution in [1.29, 1.82) is 0 Å². The number of piperidine rings is 1. The minimum absolute atomic E-state index is 0.0862. The molecule has 0 bridgehead atoms. The van der Waals surface area contributed by atoms with E-state index in [0.717, 1.165) is 5.56 Å². The molecule has 4 rings (SSSR count). The lowest BCUT2D eigenvalue weighted by atomic mass is 9.94. The Morgan fingerprint density at radius 1 is 1.03 bits per heavy atom. The third-order valence-electron chi connectivity index (χ3n) is 6.19. The van der Waals surface area contributed by atoms with Crippen LogP contribution in [0.25, 0.3) is 10.8 Å². The highest BCUT2D eigenvalue weighted by atomic mass is 32.2. The van der Waals surface area contributed by atoms with E-state index in [1.807, 2.05) is 19.1 Å². The van der Waals surface area contributed by atoms with Crippen LogP contribution in [0.3, 0.4) is 0 Å². The van der Waals surface area contributed by atoms with Crippen molar-refractivity contribution < 1.29 is 22.7 Å². The second-order valence-electron chi connectivity index (χ2n) is 8.51. The third-order valence-corrected chi connectivity index (χ3v) is 7.74. The van der Waals surface area contributed by atoms with Gasteiger partial charge in [0.05, 0.1) is 17.4 Å². The maximum absolute atomic E-state index is 13.5. The van der Waals surface area contributed by atoms with Gasteiger partial charge in [-0.25, -0.2) is 13.1 Å². The van der Waals surface area contributed by atoms with Crippen molar-refractivity contribution >= 4 is 38.4 Å². The molecule has 1 amide bonds. The van der Waals surface area contributed by atoms with E-state index in [-0.39, 0.29) is 17.4 Å². The molecule has 9 heteroatoms. The van der Waals surface area contributed by atoms with Crippen LogP contribution in [0.4, 0.5) is 5.69 Å². The van der Waals surface area contributed by atoms with Crippen LogP contribution >= 0.6 is 0 Å². The van der Waals surface area contributed by atoms with Crippen molar-refractivity contribution in [1.82, 2.24) is 10.0 Å². The normalized spacial score (nSPS) is 18.2. The summed E-state index contributed by atoms with van der Waals surface area (Å²) < 4.78 is 34.8. The summed E-state index contributed by atoms with van der Waals surface area (Å²) in [6.45, 7) is 4.75. The number of anilines is 1. The Balaban J connectivity index is 1.65. The van der Waals surface area contributed by atoms with Gasteiger partial charge in [-0.15, -0.1) is 0 Å². The number of hydrogen-bond donors (Lipinski definition) is 3. The van der Waals surface area contributed by atoms with E-state index < -0.39 is 28.0 Å². The molecule has 1 heterocycles. The maximum atomic E-state index is 13.5. The molecule has 3 aromatic rings. The lowest BCUT2D eigenvalue weighted by molar-refractivity contribution is -0.149. The average Bonchev–Trinajstić information content (AvgIpc) is 2.84. The van der Waals surface area contributed by atoms with E-state index in [2.05, 4.69) is 15.4 Å². The Morgan fingerprint density at radius 2 is 1.74 bits per heavy atom. The van der Waals surface area contributed by atoms with E-state index in [4.69, 9.17) is 4.74 Å².